The van der Waals surface area contributed by atoms with E-state index in [-0.39, 0.29) is 11.3 Å². The van der Waals surface area contributed by atoms with Gasteiger partial charge in [-0.3, -0.25) is 4.21 Å². The van der Waals surface area contributed by atoms with Gasteiger partial charge in [0, 0.05) is 27.8 Å². The van der Waals surface area contributed by atoms with Gasteiger partial charge in [-0.1, -0.05) is 43.7 Å². The molecule has 0 bridgehead atoms. The molecule has 0 aromatic heterocycles. The Kier molecular flexibility index (Phi) is 5.16. The molecule has 0 aliphatic carbocycles. The first kappa shape index (κ1) is 13.4. The molecule has 0 fully saturated rings. The second kappa shape index (κ2) is 6.16. The van der Waals surface area contributed by atoms with E-state index in [0.717, 1.165) is 0 Å². The summed E-state index contributed by atoms with van der Waals surface area (Å²) in [6.07, 6.45) is 0. The van der Waals surface area contributed by atoms with E-state index in [2.05, 4.69) is 36.5 Å². The number of hydrogen-bond acceptors (Lipinski definition) is 2. The Morgan fingerprint density at radius 1 is 1.25 bits per heavy atom. The molecule has 0 amide bonds. The van der Waals surface area contributed by atoms with Gasteiger partial charge in [0.25, 0.3) is 0 Å². The lowest BCUT2D eigenvalue weighted by Crippen LogP contribution is -2.25. The average molecular weight is 239 g/mol. The van der Waals surface area contributed by atoms with Crippen LogP contribution in [0.5, 0.6) is 0 Å². The van der Waals surface area contributed by atoms with Gasteiger partial charge < -0.3 is 5.32 Å². The molecule has 0 heterocycles. The molecule has 3 heteroatoms. The van der Waals surface area contributed by atoms with E-state index in [9.17, 15) is 4.21 Å². The van der Waals surface area contributed by atoms with Crippen LogP contribution in [0.3, 0.4) is 0 Å². The topological polar surface area (TPSA) is 29.1 Å². The fourth-order valence-electron chi connectivity index (χ4n) is 1.50. The summed E-state index contributed by atoms with van der Waals surface area (Å²) >= 11 is 0. The van der Waals surface area contributed by atoms with E-state index >= 15 is 0 Å². The average Bonchev–Trinajstić information content (AvgIpc) is 2.26. The molecular weight excluding hydrogens is 218 g/mol. The Bertz CT molecular complexity index is 345. The van der Waals surface area contributed by atoms with Gasteiger partial charge in [0.1, 0.15) is 0 Å². The first-order valence-corrected chi connectivity index (χ1v) is 7.03. The Labute approximate surface area is 101 Å². The maximum absolute atomic E-state index is 11.8. The van der Waals surface area contributed by atoms with Crippen molar-refractivity contribution in [2.24, 2.45) is 0 Å². The summed E-state index contributed by atoms with van der Waals surface area (Å²) in [5, 5.41) is 3.45. The van der Waals surface area contributed by atoms with Gasteiger partial charge in [-0.25, -0.2) is 0 Å². The van der Waals surface area contributed by atoms with Crippen molar-refractivity contribution in [2.45, 2.75) is 32.1 Å². The second-order valence-corrected chi connectivity index (χ2v) is 6.39. The number of aryl methyl sites for hydroxylation is 1. The largest absolute Gasteiger partial charge is 0.312 e. The monoisotopic (exact) mass is 239 g/mol. The SMILES string of the molecule is CNC(CS(=O)C(C)C)c1ccc(C)cc1. The lowest BCUT2D eigenvalue weighted by Gasteiger charge is -2.17. The third-order valence-electron chi connectivity index (χ3n) is 2.68. The molecule has 2 nitrogen and oxygen atoms in total. The molecule has 0 spiro atoms. The molecule has 0 radical (unpaired) electrons. The van der Waals surface area contributed by atoms with Crippen LogP contribution in [-0.4, -0.2) is 22.3 Å². The van der Waals surface area contributed by atoms with Crippen LogP contribution in [0.2, 0.25) is 0 Å². The summed E-state index contributed by atoms with van der Waals surface area (Å²) in [5.41, 5.74) is 2.46. The standard InChI is InChI=1S/C13H21NOS/c1-10(2)16(15)9-13(14-4)12-7-5-11(3)6-8-12/h5-8,10,13-14H,9H2,1-4H3. The quantitative estimate of drug-likeness (QED) is 0.855. The van der Waals surface area contributed by atoms with Crippen molar-refractivity contribution in [3.63, 3.8) is 0 Å². The Morgan fingerprint density at radius 3 is 2.25 bits per heavy atom. The van der Waals surface area contributed by atoms with Crippen LogP contribution < -0.4 is 5.32 Å². The first-order chi connectivity index (χ1) is 7.54. The van der Waals surface area contributed by atoms with E-state index in [1.165, 1.54) is 11.1 Å². The Hall–Kier alpha value is -0.670. The predicted octanol–water partition coefficient (Wildman–Crippen LogP) is 2.41. The second-order valence-electron chi connectivity index (χ2n) is 4.35. The molecule has 0 saturated carbocycles. The third kappa shape index (κ3) is 3.72. The summed E-state index contributed by atoms with van der Waals surface area (Å²) in [6, 6.07) is 8.58. The number of rotatable bonds is 5. The van der Waals surface area contributed by atoms with Crippen molar-refractivity contribution in [2.75, 3.05) is 12.8 Å². The number of benzene rings is 1. The maximum atomic E-state index is 11.8. The van der Waals surface area contributed by atoms with E-state index in [1.807, 2.05) is 20.9 Å². The van der Waals surface area contributed by atoms with Gasteiger partial charge in [-0.05, 0) is 19.5 Å². The fraction of sp³-hybridized carbons (Fsp3) is 0.538. The van der Waals surface area contributed by atoms with Crippen molar-refractivity contribution >= 4 is 10.8 Å². The predicted molar refractivity (Wildman–Crippen MR) is 71.1 cm³/mol. The van der Waals surface area contributed by atoms with Crippen molar-refractivity contribution in [3.05, 3.63) is 35.4 Å². The van der Waals surface area contributed by atoms with Gasteiger partial charge in [-0.2, -0.15) is 0 Å². The van der Waals surface area contributed by atoms with Crippen LogP contribution in [0.15, 0.2) is 24.3 Å². The van der Waals surface area contributed by atoms with Crippen LogP contribution in [0.4, 0.5) is 0 Å². The number of nitrogens with one attached hydrogen (secondary N) is 1. The zero-order chi connectivity index (χ0) is 12.1. The van der Waals surface area contributed by atoms with Crippen LogP contribution in [0.25, 0.3) is 0 Å². The summed E-state index contributed by atoms with van der Waals surface area (Å²) in [4.78, 5) is 0. The minimum atomic E-state index is -0.770. The highest BCUT2D eigenvalue weighted by molar-refractivity contribution is 7.85. The van der Waals surface area contributed by atoms with E-state index in [0.29, 0.717) is 5.75 Å². The zero-order valence-corrected chi connectivity index (χ0v) is 11.3. The molecule has 1 rings (SSSR count). The highest BCUT2D eigenvalue weighted by Gasteiger charge is 2.14. The van der Waals surface area contributed by atoms with Crippen molar-refractivity contribution < 1.29 is 4.21 Å². The summed E-state index contributed by atoms with van der Waals surface area (Å²) in [7, 11) is 1.15. The molecule has 1 aromatic carbocycles. The molecule has 2 unspecified atom stereocenters. The lowest BCUT2D eigenvalue weighted by molar-refractivity contribution is 0.631. The molecule has 0 aliphatic rings. The third-order valence-corrected chi connectivity index (χ3v) is 4.40. The van der Waals surface area contributed by atoms with E-state index in [4.69, 9.17) is 0 Å². The van der Waals surface area contributed by atoms with Gasteiger partial charge in [0.2, 0.25) is 0 Å². The van der Waals surface area contributed by atoms with Crippen LogP contribution in [0.1, 0.15) is 31.0 Å². The Morgan fingerprint density at radius 2 is 1.81 bits per heavy atom. The highest BCUT2D eigenvalue weighted by Crippen LogP contribution is 2.15. The van der Waals surface area contributed by atoms with Crippen molar-refractivity contribution in [3.8, 4) is 0 Å². The molecule has 0 saturated heterocycles. The fourth-order valence-corrected chi connectivity index (χ4v) is 2.57. The zero-order valence-electron chi connectivity index (χ0n) is 10.5. The number of hydrogen-bond donors (Lipinski definition) is 1. The summed E-state index contributed by atoms with van der Waals surface area (Å²) in [6.45, 7) is 6.07. The van der Waals surface area contributed by atoms with Crippen LogP contribution in [-0.2, 0) is 10.8 Å². The minimum absolute atomic E-state index is 0.184. The molecule has 2 atom stereocenters. The molecule has 90 valence electrons. The first-order valence-electron chi connectivity index (χ1n) is 5.65. The maximum Gasteiger partial charge on any atom is 0.0434 e. The van der Waals surface area contributed by atoms with Gasteiger partial charge in [0.05, 0.1) is 0 Å². The van der Waals surface area contributed by atoms with Gasteiger partial charge in [-0.15, -0.1) is 0 Å². The van der Waals surface area contributed by atoms with E-state index in [1.54, 1.807) is 0 Å². The minimum Gasteiger partial charge on any atom is -0.312 e. The van der Waals surface area contributed by atoms with Crippen LogP contribution in [0, 0.1) is 6.92 Å². The normalized spacial score (nSPS) is 15.1. The summed E-state index contributed by atoms with van der Waals surface area (Å²) in [5.74, 6) is 0.678. The van der Waals surface area contributed by atoms with E-state index < -0.39 is 10.8 Å². The molecule has 1 aromatic rings. The Balaban J connectivity index is 2.74. The summed E-state index contributed by atoms with van der Waals surface area (Å²) < 4.78 is 11.8. The van der Waals surface area contributed by atoms with Crippen LogP contribution >= 0.6 is 0 Å². The molecule has 1 N–H and O–H groups in total. The van der Waals surface area contributed by atoms with Crippen molar-refractivity contribution in [1.82, 2.24) is 5.32 Å². The van der Waals surface area contributed by atoms with Crippen molar-refractivity contribution in [1.29, 1.82) is 0 Å². The molecular formula is C13H21NOS. The van der Waals surface area contributed by atoms with Gasteiger partial charge >= 0.3 is 0 Å². The smallest absolute Gasteiger partial charge is 0.0434 e. The molecule has 16 heavy (non-hydrogen) atoms. The molecule has 0 aliphatic heterocycles. The van der Waals surface area contributed by atoms with Gasteiger partial charge in [0.15, 0.2) is 0 Å². The lowest BCUT2D eigenvalue weighted by atomic mass is 10.1. The highest BCUT2D eigenvalue weighted by atomic mass is 32.2.